The van der Waals surface area contributed by atoms with E-state index in [4.69, 9.17) is 0 Å². The quantitative estimate of drug-likeness (QED) is 0.579. The molecule has 1 N–H and O–H groups in total. The van der Waals surface area contributed by atoms with Gasteiger partial charge in [0, 0.05) is 11.1 Å². The van der Waals surface area contributed by atoms with Gasteiger partial charge in [0.25, 0.3) is 20.0 Å². The normalized spacial score (nSPS) is 15.1. The fourth-order valence-electron chi connectivity index (χ4n) is 4.03. The molecule has 0 spiro atoms. The highest BCUT2D eigenvalue weighted by Crippen LogP contribution is 2.27. The molecular weight excluding hydrogens is 472 g/mol. The van der Waals surface area contributed by atoms with Gasteiger partial charge in [0.15, 0.2) is 0 Å². The van der Waals surface area contributed by atoms with Gasteiger partial charge >= 0.3 is 0 Å². The number of carbonyl (C=O) groups excluding carboxylic acids is 1. The van der Waals surface area contributed by atoms with Crippen LogP contribution in [0.5, 0.6) is 0 Å². The molecule has 1 aliphatic carbocycles. The summed E-state index contributed by atoms with van der Waals surface area (Å²) in [6.45, 7) is 5.26. The molecule has 0 amide bonds. The van der Waals surface area contributed by atoms with Crippen molar-refractivity contribution in [2.24, 2.45) is 4.40 Å². The average Bonchev–Trinajstić information content (AvgIpc) is 2.76. The van der Waals surface area contributed by atoms with E-state index in [9.17, 15) is 21.6 Å². The second-order valence-electron chi connectivity index (χ2n) is 8.03. The molecular formula is C25H22N2O5S2. The Bertz CT molecular complexity index is 1560. The van der Waals surface area contributed by atoms with E-state index < -0.39 is 25.8 Å². The zero-order chi connectivity index (χ0) is 24.7. The van der Waals surface area contributed by atoms with Crippen molar-refractivity contribution in [2.45, 2.75) is 30.6 Å². The van der Waals surface area contributed by atoms with Crippen molar-refractivity contribution in [3.8, 4) is 0 Å². The van der Waals surface area contributed by atoms with Crippen LogP contribution in [-0.4, -0.2) is 28.3 Å². The van der Waals surface area contributed by atoms with E-state index in [1.54, 1.807) is 62.4 Å². The van der Waals surface area contributed by atoms with Crippen molar-refractivity contribution < 1.29 is 21.6 Å². The van der Waals surface area contributed by atoms with Crippen LogP contribution < -0.4 is 4.72 Å². The molecule has 34 heavy (non-hydrogen) atoms. The molecule has 0 aromatic heterocycles. The second kappa shape index (κ2) is 8.66. The highest BCUT2D eigenvalue weighted by molar-refractivity contribution is 7.90. The minimum atomic E-state index is -4.16. The molecule has 3 aromatic rings. The maximum absolute atomic E-state index is 13.3. The zero-order valence-corrected chi connectivity index (χ0v) is 20.4. The summed E-state index contributed by atoms with van der Waals surface area (Å²) in [4.78, 5) is 13.1. The lowest BCUT2D eigenvalue weighted by Crippen LogP contribution is -2.31. The lowest BCUT2D eigenvalue weighted by Gasteiger charge is -2.19. The van der Waals surface area contributed by atoms with Crippen molar-refractivity contribution in [2.75, 3.05) is 0 Å². The van der Waals surface area contributed by atoms with Gasteiger partial charge in [0.05, 0.1) is 21.2 Å². The predicted octanol–water partition coefficient (Wildman–Crippen LogP) is 3.85. The smallest absolute Gasteiger partial charge is 0.283 e. The average molecular weight is 495 g/mol. The maximum atomic E-state index is 13.3. The molecule has 4 rings (SSSR count). The molecule has 0 fully saturated rings. The minimum Gasteiger partial charge on any atom is -0.287 e. The number of Topliss-reactive ketones (excluding diaryl/α,β-unsaturated/α-hetero) is 1. The monoisotopic (exact) mass is 494 g/mol. The molecule has 174 valence electrons. The SMILES string of the molecule is Cc1cc(C)c(S(=O)(=O)/N=C2/C=C(NS(=O)(=O)c3ccccc3)C(=O)c3ccccc32)c(C)c1. The third-order valence-corrected chi connectivity index (χ3v) is 8.33. The number of nitrogens with one attached hydrogen (secondary N) is 1. The van der Waals surface area contributed by atoms with Crippen molar-refractivity contribution in [1.29, 1.82) is 0 Å². The third kappa shape index (κ3) is 4.44. The number of hydrogen-bond acceptors (Lipinski definition) is 5. The fourth-order valence-corrected chi connectivity index (χ4v) is 6.54. The van der Waals surface area contributed by atoms with Crippen molar-refractivity contribution in [1.82, 2.24) is 4.72 Å². The number of ketones is 1. The zero-order valence-electron chi connectivity index (χ0n) is 18.7. The minimum absolute atomic E-state index is 0.0275. The van der Waals surface area contributed by atoms with Gasteiger partial charge in [-0.05, 0) is 50.1 Å². The van der Waals surface area contributed by atoms with Gasteiger partial charge in [-0.2, -0.15) is 12.8 Å². The summed E-state index contributed by atoms with van der Waals surface area (Å²) < 4.78 is 58.6. The van der Waals surface area contributed by atoms with E-state index in [0.717, 1.165) is 5.56 Å². The summed E-state index contributed by atoms with van der Waals surface area (Å²) in [5.74, 6) is -0.575. The van der Waals surface area contributed by atoms with E-state index in [1.807, 2.05) is 6.92 Å². The number of nitrogens with zero attached hydrogens (tertiary/aromatic N) is 1. The lowest BCUT2D eigenvalue weighted by atomic mass is 9.93. The van der Waals surface area contributed by atoms with Crippen LogP contribution >= 0.6 is 0 Å². The van der Waals surface area contributed by atoms with Crippen molar-refractivity contribution in [3.63, 3.8) is 0 Å². The van der Waals surface area contributed by atoms with Gasteiger partial charge < -0.3 is 0 Å². The van der Waals surface area contributed by atoms with E-state index >= 15 is 0 Å². The van der Waals surface area contributed by atoms with Crippen LogP contribution in [0.4, 0.5) is 0 Å². The Morgan fingerprint density at radius 1 is 0.765 bits per heavy atom. The summed E-state index contributed by atoms with van der Waals surface area (Å²) in [5.41, 5.74) is 2.18. The molecule has 7 nitrogen and oxygen atoms in total. The predicted molar refractivity (Wildman–Crippen MR) is 130 cm³/mol. The first-order chi connectivity index (χ1) is 16.0. The second-order valence-corrected chi connectivity index (χ2v) is 11.3. The fraction of sp³-hybridized carbons (Fsp3) is 0.120. The van der Waals surface area contributed by atoms with Crippen molar-refractivity contribution >= 4 is 31.5 Å². The molecule has 0 heterocycles. The summed E-state index contributed by atoms with van der Waals surface area (Å²) in [6.07, 6.45) is 1.17. The maximum Gasteiger partial charge on any atom is 0.283 e. The first-order valence-corrected chi connectivity index (χ1v) is 13.3. The Hall–Kier alpha value is -3.56. The van der Waals surface area contributed by atoms with Crippen LogP contribution in [0.2, 0.25) is 0 Å². The van der Waals surface area contributed by atoms with E-state index in [0.29, 0.717) is 16.7 Å². The summed E-state index contributed by atoms with van der Waals surface area (Å²) in [7, 11) is -8.24. The third-order valence-electron chi connectivity index (χ3n) is 5.35. The molecule has 9 heteroatoms. The van der Waals surface area contributed by atoms with Crippen LogP contribution in [0.3, 0.4) is 0 Å². The number of sulfonamides is 2. The number of hydrogen-bond donors (Lipinski definition) is 1. The number of rotatable bonds is 5. The number of allylic oxidation sites excluding steroid dienone is 2. The Morgan fingerprint density at radius 3 is 1.94 bits per heavy atom. The number of carbonyl (C=O) groups is 1. The summed E-state index contributed by atoms with van der Waals surface area (Å²) in [5, 5.41) is 0. The first kappa shape index (κ1) is 23.6. The molecule has 0 saturated heterocycles. The molecule has 0 atom stereocenters. The largest absolute Gasteiger partial charge is 0.287 e. The Morgan fingerprint density at radius 2 is 1.32 bits per heavy atom. The van der Waals surface area contributed by atoms with Gasteiger partial charge in [-0.15, -0.1) is 0 Å². The van der Waals surface area contributed by atoms with Gasteiger partial charge in [0.2, 0.25) is 5.78 Å². The molecule has 1 aliphatic rings. The lowest BCUT2D eigenvalue weighted by molar-refractivity contribution is 0.102. The molecule has 0 bridgehead atoms. The van der Waals surface area contributed by atoms with E-state index in [-0.39, 0.29) is 26.8 Å². The molecule has 0 saturated carbocycles. The van der Waals surface area contributed by atoms with Crippen LogP contribution in [0.25, 0.3) is 0 Å². The van der Waals surface area contributed by atoms with Gasteiger partial charge in [-0.1, -0.05) is 60.2 Å². The van der Waals surface area contributed by atoms with Crippen molar-refractivity contribution in [3.05, 3.63) is 106 Å². The molecule has 0 radical (unpaired) electrons. The molecule has 3 aromatic carbocycles. The van der Waals surface area contributed by atoms with E-state index in [1.165, 1.54) is 24.3 Å². The van der Waals surface area contributed by atoms with Gasteiger partial charge in [-0.25, -0.2) is 8.42 Å². The number of benzene rings is 3. The number of fused-ring (bicyclic) bond motifs is 1. The Balaban J connectivity index is 1.86. The van der Waals surface area contributed by atoms with Gasteiger partial charge in [0.1, 0.15) is 0 Å². The van der Waals surface area contributed by atoms with Crippen LogP contribution in [0, 0.1) is 20.8 Å². The van der Waals surface area contributed by atoms with E-state index in [2.05, 4.69) is 9.12 Å². The Kier molecular flexibility index (Phi) is 6.01. The van der Waals surface area contributed by atoms with Crippen LogP contribution in [0.15, 0.2) is 92.7 Å². The highest BCUT2D eigenvalue weighted by Gasteiger charge is 2.29. The topological polar surface area (TPSA) is 110 Å². The van der Waals surface area contributed by atoms with Gasteiger partial charge in [-0.3, -0.25) is 9.52 Å². The van der Waals surface area contributed by atoms with Crippen LogP contribution in [0.1, 0.15) is 32.6 Å². The first-order valence-electron chi connectivity index (χ1n) is 10.4. The highest BCUT2D eigenvalue weighted by atomic mass is 32.2. The standard InChI is InChI=1S/C25H22N2O5S2/c1-16-13-17(2)25(18(3)14-16)34(31,32)26-22-15-23(24(28)21-12-8-7-11-20(21)22)27-33(29,30)19-9-5-4-6-10-19/h4-15,27H,1-3H3/b26-22-. The molecule has 0 aliphatic heterocycles. The summed E-state index contributed by atoms with van der Waals surface area (Å²) >= 11 is 0. The van der Waals surface area contributed by atoms with Crippen LogP contribution in [-0.2, 0) is 20.0 Å². The number of aryl methyl sites for hydroxylation is 3. The Labute approximate surface area is 199 Å². The summed E-state index contributed by atoms with van der Waals surface area (Å²) in [6, 6.07) is 17.5. The molecule has 0 unspecified atom stereocenters.